The van der Waals surface area contributed by atoms with E-state index in [2.05, 4.69) is 0 Å². The van der Waals surface area contributed by atoms with Crippen LogP contribution in [0.1, 0.15) is 37.3 Å². The lowest BCUT2D eigenvalue weighted by atomic mass is 10.1. The van der Waals surface area contributed by atoms with Crippen LogP contribution in [0.15, 0.2) is 17.0 Å². The Hall–Kier alpha value is -1.07. The summed E-state index contributed by atoms with van der Waals surface area (Å²) in [6, 6.07) is 3.74. The maximum atomic E-state index is 12.9. The van der Waals surface area contributed by atoms with Gasteiger partial charge in [0.05, 0.1) is 4.90 Å². The van der Waals surface area contributed by atoms with Crippen molar-refractivity contribution < 1.29 is 8.42 Å². The van der Waals surface area contributed by atoms with Gasteiger partial charge in [-0.3, -0.25) is 0 Å². The molecule has 1 aliphatic carbocycles. The Labute approximate surface area is 115 Å². The average molecular weight is 282 g/mol. The van der Waals surface area contributed by atoms with Crippen LogP contribution in [0.3, 0.4) is 0 Å². The molecule has 2 N–H and O–H groups in total. The van der Waals surface area contributed by atoms with E-state index < -0.39 is 10.0 Å². The Kier molecular flexibility index (Phi) is 3.87. The van der Waals surface area contributed by atoms with Crippen LogP contribution in [0.2, 0.25) is 0 Å². The first kappa shape index (κ1) is 14.3. The van der Waals surface area contributed by atoms with Crippen LogP contribution in [0, 0.1) is 13.8 Å². The quantitative estimate of drug-likeness (QED) is 0.844. The number of hydrogen-bond donors (Lipinski definition) is 1. The van der Waals surface area contributed by atoms with Gasteiger partial charge >= 0.3 is 0 Å². The van der Waals surface area contributed by atoms with Crippen LogP contribution < -0.4 is 5.73 Å². The normalized spacial score (nSPS) is 16.0. The molecule has 19 heavy (non-hydrogen) atoms. The molecule has 1 aliphatic rings. The predicted octanol–water partition coefficient (Wildman–Crippen LogP) is 2.45. The van der Waals surface area contributed by atoms with Crippen molar-refractivity contribution >= 4 is 15.7 Å². The monoisotopic (exact) mass is 282 g/mol. The Balaban J connectivity index is 2.52. The molecule has 0 aliphatic heterocycles. The molecule has 0 bridgehead atoms. The van der Waals surface area contributed by atoms with Crippen molar-refractivity contribution in [3.8, 4) is 0 Å². The summed E-state index contributed by atoms with van der Waals surface area (Å²) in [6.45, 7) is 6.20. The fourth-order valence-electron chi connectivity index (χ4n) is 2.44. The fourth-order valence-corrected chi connectivity index (χ4v) is 4.68. The van der Waals surface area contributed by atoms with Gasteiger partial charge in [-0.1, -0.05) is 13.0 Å². The van der Waals surface area contributed by atoms with Gasteiger partial charge in [-0.25, -0.2) is 8.42 Å². The molecule has 0 saturated heterocycles. The van der Waals surface area contributed by atoms with E-state index in [0.29, 0.717) is 22.7 Å². The van der Waals surface area contributed by atoms with Crippen molar-refractivity contribution in [2.24, 2.45) is 0 Å². The Morgan fingerprint density at radius 1 is 1.32 bits per heavy atom. The number of nitrogens with two attached hydrogens (primary N) is 1. The van der Waals surface area contributed by atoms with Gasteiger partial charge in [0.15, 0.2) is 0 Å². The standard InChI is InChI=1S/C14H22N2O2S/c1-4-9-16(12-6-7-12)19(17,18)14-10(2)5-8-13(15)11(14)3/h5,8,12H,4,6-7,9,15H2,1-3H3. The summed E-state index contributed by atoms with van der Waals surface area (Å²) in [6.07, 6.45) is 2.77. The van der Waals surface area contributed by atoms with E-state index >= 15 is 0 Å². The molecule has 1 aromatic rings. The SMILES string of the molecule is CCCN(C1CC1)S(=O)(=O)c1c(C)ccc(N)c1C. The molecule has 0 amide bonds. The summed E-state index contributed by atoms with van der Waals surface area (Å²) in [5.41, 5.74) is 7.85. The first-order valence-corrected chi connectivity index (χ1v) is 8.21. The highest BCUT2D eigenvalue weighted by Crippen LogP contribution is 2.35. The molecule has 0 aromatic heterocycles. The number of sulfonamides is 1. The molecule has 106 valence electrons. The minimum absolute atomic E-state index is 0.185. The summed E-state index contributed by atoms with van der Waals surface area (Å²) in [7, 11) is -3.43. The Morgan fingerprint density at radius 3 is 2.47 bits per heavy atom. The topological polar surface area (TPSA) is 63.4 Å². The van der Waals surface area contributed by atoms with E-state index in [-0.39, 0.29) is 6.04 Å². The summed E-state index contributed by atoms with van der Waals surface area (Å²) >= 11 is 0. The fraction of sp³-hybridized carbons (Fsp3) is 0.571. The van der Waals surface area contributed by atoms with Crippen LogP contribution in [0.25, 0.3) is 0 Å². The van der Waals surface area contributed by atoms with Gasteiger partial charge in [0.2, 0.25) is 10.0 Å². The molecule has 0 heterocycles. The van der Waals surface area contributed by atoms with Crippen LogP contribution in [-0.4, -0.2) is 25.3 Å². The van der Waals surface area contributed by atoms with Gasteiger partial charge < -0.3 is 5.73 Å². The number of nitrogens with zero attached hydrogens (tertiary/aromatic N) is 1. The van der Waals surface area contributed by atoms with Crippen molar-refractivity contribution in [3.63, 3.8) is 0 Å². The highest BCUT2D eigenvalue weighted by molar-refractivity contribution is 7.89. The number of nitrogen functional groups attached to an aromatic ring is 1. The Bertz CT molecular complexity index is 577. The number of anilines is 1. The van der Waals surface area contributed by atoms with Gasteiger partial charge in [-0.15, -0.1) is 0 Å². The second kappa shape index (κ2) is 5.13. The van der Waals surface area contributed by atoms with Crippen molar-refractivity contribution in [1.82, 2.24) is 4.31 Å². The molecule has 1 fully saturated rings. The minimum Gasteiger partial charge on any atom is -0.398 e. The van der Waals surface area contributed by atoms with Gasteiger partial charge in [-0.2, -0.15) is 4.31 Å². The molecule has 5 heteroatoms. The van der Waals surface area contributed by atoms with E-state index in [1.807, 2.05) is 13.8 Å². The molecule has 0 unspecified atom stereocenters. The van der Waals surface area contributed by atoms with E-state index in [1.54, 1.807) is 23.4 Å². The molecule has 0 spiro atoms. The molecule has 0 radical (unpaired) electrons. The first-order valence-electron chi connectivity index (χ1n) is 6.77. The van der Waals surface area contributed by atoms with Crippen molar-refractivity contribution in [2.45, 2.75) is 51.0 Å². The zero-order valence-corrected chi connectivity index (χ0v) is 12.6. The van der Waals surface area contributed by atoms with Crippen LogP contribution in [0.4, 0.5) is 5.69 Å². The Morgan fingerprint density at radius 2 is 1.95 bits per heavy atom. The summed E-state index contributed by atoms with van der Waals surface area (Å²) < 4.78 is 27.4. The zero-order chi connectivity index (χ0) is 14.2. The number of rotatable bonds is 5. The van der Waals surface area contributed by atoms with E-state index in [0.717, 1.165) is 24.8 Å². The third kappa shape index (κ3) is 2.62. The third-order valence-electron chi connectivity index (χ3n) is 3.61. The van der Waals surface area contributed by atoms with Crippen molar-refractivity contribution in [3.05, 3.63) is 23.3 Å². The molecule has 2 rings (SSSR count). The number of aryl methyl sites for hydroxylation is 1. The average Bonchev–Trinajstić information content (AvgIpc) is 3.15. The molecule has 0 atom stereocenters. The van der Waals surface area contributed by atoms with Crippen LogP contribution in [0.5, 0.6) is 0 Å². The molecular weight excluding hydrogens is 260 g/mol. The third-order valence-corrected chi connectivity index (χ3v) is 5.85. The van der Waals surface area contributed by atoms with Crippen LogP contribution >= 0.6 is 0 Å². The second-order valence-corrected chi connectivity index (χ2v) is 7.10. The molecule has 1 aromatic carbocycles. The summed E-state index contributed by atoms with van der Waals surface area (Å²) in [5, 5.41) is 0. The smallest absolute Gasteiger partial charge is 0.243 e. The van der Waals surface area contributed by atoms with Crippen LogP contribution in [-0.2, 0) is 10.0 Å². The summed E-state index contributed by atoms with van der Waals surface area (Å²) in [4.78, 5) is 0.396. The lowest BCUT2D eigenvalue weighted by Crippen LogP contribution is -2.34. The van der Waals surface area contributed by atoms with E-state index in [4.69, 9.17) is 5.73 Å². The van der Waals surface area contributed by atoms with Crippen molar-refractivity contribution in [1.29, 1.82) is 0 Å². The largest absolute Gasteiger partial charge is 0.398 e. The van der Waals surface area contributed by atoms with E-state index in [9.17, 15) is 8.42 Å². The molecular formula is C14H22N2O2S. The maximum absolute atomic E-state index is 12.9. The second-order valence-electron chi connectivity index (χ2n) is 5.27. The minimum atomic E-state index is -3.43. The predicted molar refractivity (Wildman–Crippen MR) is 77.5 cm³/mol. The summed E-state index contributed by atoms with van der Waals surface area (Å²) in [5.74, 6) is 0. The van der Waals surface area contributed by atoms with Gasteiger partial charge in [0, 0.05) is 18.3 Å². The lowest BCUT2D eigenvalue weighted by molar-refractivity contribution is 0.403. The maximum Gasteiger partial charge on any atom is 0.243 e. The van der Waals surface area contributed by atoms with Crippen molar-refractivity contribution in [2.75, 3.05) is 12.3 Å². The lowest BCUT2D eigenvalue weighted by Gasteiger charge is -2.24. The first-order chi connectivity index (χ1) is 8.89. The number of benzene rings is 1. The van der Waals surface area contributed by atoms with E-state index in [1.165, 1.54) is 0 Å². The number of hydrogen-bond acceptors (Lipinski definition) is 3. The van der Waals surface area contributed by atoms with Gasteiger partial charge in [-0.05, 0) is 50.3 Å². The molecule has 1 saturated carbocycles. The zero-order valence-electron chi connectivity index (χ0n) is 11.8. The van der Waals surface area contributed by atoms with Gasteiger partial charge in [0.25, 0.3) is 0 Å². The molecule has 4 nitrogen and oxygen atoms in total. The highest BCUT2D eigenvalue weighted by atomic mass is 32.2. The highest BCUT2D eigenvalue weighted by Gasteiger charge is 2.38. The van der Waals surface area contributed by atoms with Gasteiger partial charge in [0.1, 0.15) is 0 Å².